The molecule has 1 unspecified atom stereocenters. The number of nitrogens with two attached hydrogens (primary N) is 1. The molecule has 0 spiro atoms. The van der Waals surface area contributed by atoms with Gasteiger partial charge < -0.3 is 5.73 Å². The maximum Gasteiger partial charge on any atom is -0.00747 e. The van der Waals surface area contributed by atoms with Crippen LogP contribution in [-0.2, 0) is 0 Å². The van der Waals surface area contributed by atoms with Crippen molar-refractivity contribution in [2.24, 2.45) is 11.7 Å². The van der Waals surface area contributed by atoms with Gasteiger partial charge in [-0.05, 0) is 31.1 Å². The van der Waals surface area contributed by atoms with Crippen molar-refractivity contribution in [3.63, 3.8) is 0 Å². The molecule has 0 saturated heterocycles. The van der Waals surface area contributed by atoms with Gasteiger partial charge in [0.25, 0.3) is 0 Å². The smallest absolute Gasteiger partial charge is 0.00747 e. The molecule has 0 aromatic carbocycles. The van der Waals surface area contributed by atoms with E-state index in [1.54, 1.807) is 0 Å². The average Bonchev–Trinajstić information content (AvgIpc) is 1.68. The Morgan fingerprint density at radius 1 is 1.50 bits per heavy atom. The van der Waals surface area contributed by atoms with Gasteiger partial charge in [0, 0.05) is 0 Å². The molecule has 0 aliphatic rings. The second-order valence-corrected chi connectivity index (χ2v) is 2.64. The summed E-state index contributed by atoms with van der Waals surface area (Å²) in [6.07, 6.45) is 2.33. The van der Waals surface area contributed by atoms with Crippen LogP contribution in [0.3, 0.4) is 0 Å². The largest absolute Gasteiger partial charge is 0.330 e. The summed E-state index contributed by atoms with van der Waals surface area (Å²) in [5.41, 5.74) is 5.33. The first-order chi connectivity index (χ1) is 3.81. The lowest BCUT2D eigenvalue weighted by Crippen LogP contribution is -2.05. The highest BCUT2D eigenvalue weighted by Crippen LogP contribution is 2.05. The standard InChI is InChI=1S/C6H15NS/c1-6(2-4-7)3-5-8/h6,8H,2-5,7H2,1H3. The van der Waals surface area contributed by atoms with Crippen LogP contribution in [-0.4, -0.2) is 12.3 Å². The molecule has 2 heteroatoms. The van der Waals surface area contributed by atoms with Gasteiger partial charge in [0.05, 0.1) is 0 Å². The molecule has 0 bridgehead atoms. The van der Waals surface area contributed by atoms with Gasteiger partial charge in [-0.1, -0.05) is 6.92 Å². The molecule has 0 heterocycles. The van der Waals surface area contributed by atoms with Crippen molar-refractivity contribution in [2.45, 2.75) is 19.8 Å². The summed E-state index contributed by atoms with van der Waals surface area (Å²) in [5, 5.41) is 0. The van der Waals surface area contributed by atoms with Crippen LogP contribution >= 0.6 is 12.6 Å². The lowest BCUT2D eigenvalue weighted by Gasteiger charge is -2.05. The minimum Gasteiger partial charge on any atom is -0.330 e. The topological polar surface area (TPSA) is 26.0 Å². The van der Waals surface area contributed by atoms with Crippen molar-refractivity contribution in [2.75, 3.05) is 12.3 Å². The van der Waals surface area contributed by atoms with Crippen molar-refractivity contribution in [1.29, 1.82) is 0 Å². The van der Waals surface area contributed by atoms with Crippen molar-refractivity contribution in [3.05, 3.63) is 0 Å². The number of hydrogen-bond acceptors (Lipinski definition) is 2. The molecule has 1 atom stereocenters. The average molecular weight is 133 g/mol. The highest BCUT2D eigenvalue weighted by Gasteiger charge is 1.96. The van der Waals surface area contributed by atoms with Crippen LogP contribution in [0.1, 0.15) is 19.8 Å². The second kappa shape index (κ2) is 5.45. The first-order valence-electron chi connectivity index (χ1n) is 3.12. The molecule has 0 amide bonds. The molecule has 0 rings (SSSR count). The summed E-state index contributed by atoms with van der Waals surface area (Å²) in [7, 11) is 0. The van der Waals surface area contributed by atoms with Crippen LogP contribution in [0.25, 0.3) is 0 Å². The van der Waals surface area contributed by atoms with E-state index in [9.17, 15) is 0 Å². The molecule has 0 radical (unpaired) electrons. The Labute approximate surface area is 57.1 Å². The Kier molecular flexibility index (Phi) is 5.66. The predicted molar refractivity (Wildman–Crippen MR) is 41.3 cm³/mol. The zero-order chi connectivity index (χ0) is 6.41. The van der Waals surface area contributed by atoms with Gasteiger partial charge in [0.1, 0.15) is 0 Å². The minimum absolute atomic E-state index is 0.762. The van der Waals surface area contributed by atoms with Crippen LogP contribution < -0.4 is 5.73 Å². The van der Waals surface area contributed by atoms with Crippen LogP contribution in [0.2, 0.25) is 0 Å². The third-order valence-corrected chi connectivity index (χ3v) is 1.54. The summed E-state index contributed by atoms with van der Waals surface area (Å²) < 4.78 is 0. The maximum absolute atomic E-state index is 5.33. The first-order valence-corrected chi connectivity index (χ1v) is 3.75. The molecular weight excluding hydrogens is 118 g/mol. The Hall–Kier alpha value is 0.310. The van der Waals surface area contributed by atoms with E-state index in [2.05, 4.69) is 19.6 Å². The molecule has 0 aliphatic carbocycles. The fourth-order valence-corrected chi connectivity index (χ4v) is 1.09. The van der Waals surface area contributed by atoms with E-state index < -0.39 is 0 Å². The Bertz CT molecular complexity index is 41.8. The normalized spacial score (nSPS) is 13.9. The molecule has 0 aromatic heterocycles. The maximum atomic E-state index is 5.33. The number of thiol groups is 1. The molecule has 0 aliphatic heterocycles. The zero-order valence-electron chi connectivity index (χ0n) is 5.43. The monoisotopic (exact) mass is 133 g/mol. The molecule has 50 valence electrons. The summed E-state index contributed by atoms with van der Waals surface area (Å²) in [5.74, 6) is 1.75. The van der Waals surface area contributed by atoms with Gasteiger partial charge >= 0.3 is 0 Å². The van der Waals surface area contributed by atoms with Gasteiger partial charge in [-0.3, -0.25) is 0 Å². The number of hydrogen-bond donors (Lipinski definition) is 2. The van der Waals surface area contributed by atoms with E-state index in [4.69, 9.17) is 5.73 Å². The Morgan fingerprint density at radius 2 is 2.12 bits per heavy atom. The first kappa shape index (κ1) is 8.31. The molecular formula is C6H15NS. The molecule has 0 fully saturated rings. The molecule has 0 saturated carbocycles. The SMILES string of the molecule is CC(CCN)CCS. The van der Waals surface area contributed by atoms with Crippen LogP contribution in [0, 0.1) is 5.92 Å². The molecule has 1 nitrogen and oxygen atoms in total. The predicted octanol–water partition coefficient (Wildman–Crippen LogP) is 1.29. The summed E-state index contributed by atoms with van der Waals surface area (Å²) in [6, 6.07) is 0. The van der Waals surface area contributed by atoms with E-state index in [1.165, 1.54) is 6.42 Å². The van der Waals surface area contributed by atoms with Crippen molar-refractivity contribution < 1.29 is 0 Å². The third-order valence-electron chi connectivity index (χ3n) is 1.28. The molecule has 0 aromatic rings. The van der Waals surface area contributed by atoms with Gasteiger partial charge in [-0.2, -0.15) is 12.6 Å². The second-order valence-electron chi connectivity index (χ2n) is 2.19. The van der Waals surface area contributed by atoms with E-state index in [-0.39, 0.29) is 0 Å². The fraction of sp³-hybridized carbons (Fsp3) is 1.00. The van der Waals surface area contributed by atoms with Crippen LogP contribution in [0.15, 0.2) is 0 Å². The van der Waals surface area contributed by atoms with Crippen molar-refractivity contribution >= 4 is 12.6 Å². The highest BCUT2D eigenvalue weighted by atomic mass is 32.1. The summed E-state index contributed by atoms with van der Waals surface area (Å²) in [6.45, 7) is 3.03. The van der Waals surface area contributed by atoms with Gasteiger partial charge in [0.2, 0.25) is 0 Å². The van der Waals surface area contributed by atoms with Gasteiger partial charge in [-0.25, -0.2) is 0 Å². The van der Waals surface area contributed by atoms with Crippen molar-refractivity contribution in [1.82, 2.24) is 0 Å². The van der Waals surface area contributed by atoms with Crippen LogP contribution in [0.5, 0.6) is 0 Å². The van der Waals surface area contributed by atoms with Crippen molar-refractivity contribution in [3.8, 4) is 0 Å². The summed E-state index contributed by atoms with van der Waals surface area (Å²) in [4.78, 5) is 0. The Morgan fingerprint density at radius 3 is 2.50 bits per heavy atom. The van der Waals surface area contributed by atoms with Gasteiger partial charge in [0.15, 0.2) is 0 Å². The van der Waals surface area contributed by atoms with Gasteiger partial charge in [-0.15, -0.1) is 0 Å². The van der Waals surface area contributed by atoms with Crippen LogP contribution in [0.4, 0.5) is 0 Å². The highest BCUT2D eigenvalue weighted by molar-refractivity contribution is 7.80. The summed E-state index contributed by atoms with van der Waals surface area (Å²) >= 11 is 4.11. The molecule has 8 heavy (non-hydrogen) atoms. The third kappa shape index (κ3) is 4.47. The molecule has 2 N–H and O–H groups in total. The fourth-order valence-electron chi connectivity index (χ4n) is 0.649. The lowest BCUT2D eigenvalue weighted by atomic mass is 10.1. The van der Waals surface area contributed by atoms with E-state index in [0.29, 0.717) is 0 Å². The van der Waals surface area contributed by atoms with E-state index in [1.807, 2.05) is 0 Å². The quantitative estimate of drug-likeness (QED) is 0.555. The number of rotatable bonds is 4. The zero-order valence-corrected chi connectivity index (χ0v) is 6.32. The minimum atomic E-state index is 0.762. The lowest BCUT2D eigenvalue weighted by molar-refractivity contribution is 0.529. The van der Waals surface area contributed by atoms with E-state index >= 15 is 0 Å². The Balaban J connectivity index is 2.92. The van der Waals surface area contributed by atoms with E-state index in [0.717, 1.165) is 24.6 Å².